The van der Waals surface area contributed by atoms with E-state index in [9.17, 15) is 19.2 Å². The predicted octanol–water partition coefficient (Wildman–Crippen LogP) is 2.38. The summed E-state index contributed by atoms with van der Waals surface area (Å²) in [6.07, 6.45) is 8.71. The van der Waals surface area contributed by atoms with Crippen molar-refractivity contribution in [3.05, 3.63) is 35.1 Å². The predicted molar refractivity (Wildman–Crippen MR) is 123 cm³/mol. The van der Waals surface area contributed by atoms with Crippen molar-refractivity contribution in [1.29, 1.82) is 0 Å². The summed E-state index contributed by atoms with van der Waals surface area (Å²) in [4.78, 5) is 60.6. The van der Waals surface area contributed by atoms with E-state index in [2.05, 4.69) is 56.0 Å². The topological polar surface area (TPSA) is 162 Å². The summed E-state index contributed by atoms with van der Waals surface area (Å²) >= 11 is 3.12. The highest BCUT2D eigenvalue weighted by molar-refractivity contribution is 9.10. The van der Waals surface area contributed by atoms with Gasteiger partial charge in [-0.3, -0.25) is 24.2 Å². The third kappa shape index (κ3) is 10.4. The van der Waals surface area contributed by atoms with E-state index in [4.69, 9.17) is 0 Å². The molecule has 182 valence electrons. The van der Waals surface area contributed by atoms with Crippen LogP contribution in [0.25, 0.3) is 0 Å². The van der Waals surface area contributed by atoms with Crippen LogP contribution in [0.15, 0.2) is 29.4 Å². The van der Waals surface area contributed by atoms with E-state index in [-0.39, 0.29) is 37.5 Å². The van der Waals surface area contributed by atoms with Crippen molar-refractivity contribution in [2.24, 2.45) is 0 Å². The minimum absolute atomic E-state index is 0.0479. The first-order valence-corrected chi connectivity index (χ1v) is 11.1. The summed E-state index contributed by atoms with van der Waals surface area (Å²) in [5.74, 6) is -0.0952. The third-order valence-corrected chi connectivity index (χ3v) is 4.80. The van der Waals surface area contributed by atoms with Gasteiger partial charge in [0, 0.05) is 18.8 Å². The Morgan fingerprint density at radius 2 is 1.29 bits per heavy atom. The summed E-state index contributed by atoms with van der Waals surface area (Å²) in [6.45, 7) is 0. The van der Waals surface area contributed by atoms with E-state index in [1.54, 1.807) is 12.4 Å². The number of ether oxygens (including phenoxy) is 2. The quantitative estimate of drug-likeness (QED) is 0.454. The fourth-order valence-electron chi connectivity index (χ4n) is 2.42. The first-order chi connectivity index (χ1) is 16.3. The average Bonchev–Trinajstić information content (AvgIpc) is 3.69. The van der Waals surface area contributed by atoms with Crippen LogP contribution < -0.4 is 10.6 Å². The largest absolute Gasteiger partial charge is 0.469 e. The molecule has 13 heteroatoms. The van der Waals surface area contributed by atoms with E-state index in [0.29, 0.717) is 22.2 Å². The smallest absolute Gasteiger partial charge is 0.306 e. The number of carbonyl (C=O) groups is 4. The standard InChI is InChI=1S/C12H15N3O3.C9H10BrN3O3/c1-18-12(17)5-4-11(16)15-10-7-13-9(6-14-10)8-2-3-8;1-16-9(15)3-2-8(14)13-7-5-11-6(10)4-12-7/h6-8H,2-5H2,1H3,(H,14,15,16);4-5H,2-3H2,1H3,(H,12,13,14). The van der Waals surface area contributed by atoms with Gasteiger partial charge in [-0.1, -0.05) is 0 Å². The maximum Gasteiger partial charge on any atom is 0.306 e. The Morgan fingerprint density at radius 1 is 0.794 bits per heavy atom. The maximum atomic E-state index is 11.5. The number of aromatic nitrogens is 4. The molecule has 34 heavy (non-hydrogen) atoms. The Hall–Kier alpha value is -3.48. The highest BCUT2D eigenvalue weighted by atomic mass is 79.9. The Labute approximate surface area is 204 Å². The number of nitrogens with zero attached hydrogens (tertiary/aromatic N) is 4. The van der Waals surface area contributed by atoms with E-state index in [0.717, 1.165) is 5.69 Å². The highest BCUT2D eigenvalue weighted by Crippen LogP contribution is 2.38. The molecule has 1 aliphatic carbocycles. The van der Waals surface area contributed by atoms with Crippen molar-refractivity contribution in [1.82, 2.24) is 19.9 Å². The number of hydrogen-bond donors (Lipinski definition) is 2. The number of nitrogens with one attached hydrogen (secondary N) is 2. The van der Waals surface area contributed by atoms with Crippen LogP contribution in [0.1, 0.15) is 50.1 Å². The van der Waals surface area contributed by atoms with Gasteiger partial charge in [0.25, 0.3) is 0 Å². The van der Waals surface area contributed by atoms with Crippen molar-refractivity contribution >= 4 is 51.3 Å². The first-order valence-electron chi connectivity index (χ1n) is 10.3. The van der Waals surface area contributed by atoms with Crippen LogP contribution in [0.4, 0.5) is 11.6 Å². The molecule has 0 saturated heterocycles. The number of anilines is 2. The molecule has 12 nitrogen and oxygen atoms in total. The summed E-state index contributed by atoms with van der Waals surface area (Å²) in [7, 11) is 2.57. The molecule has 2 aromatic heterocycles. The van der Waals surface area contributed by atoms with Crippen LogP contribution in [-0.4, -0.2) is 57.9 Å². The molecule has 2 aromatic rings. The van der Waals surface area contributed by atoms with E-state index < -0.39 is 11.9 Å². The fourth-order valence-corrected chi connectivity index (χ4v) is 2.62. The van der Waals surface area contributed by atoms with Crippen molar-refractivity contribution in [3.63, 3.8) is 0 Å². The fraction of sp³-hybridized carbons (Fsp3) is 0.429. The molecule has 2 N–H and O–H groups in total. The summed E-state index contributed by atoms with van der Waals surface area (Å²) in [5, 5.41) is 5.10. The second-order valence-corrected chi connectivity index (χ2v) is 7.89. The minimum atomic E-state index is -0.419. The lowest BCUT2D eigenvalue weighted by Crippen LogP contribution is -2.15. The monoisotopic (exact) mass is 536 g/mol. The van der Waals surface area contributed by atoms with E-state index in [1.165, 1.54) is 39.5 Å². The van der Waals surface area contributed by atoms with E-state index in [1.807, 2.05) is 0 Å². The Bertz CT molecular complexity index is 982. The van der Waals surface area contributed by atoms with Crippen LogP contribution in [0.5, 0.6) is 0 Å². The molecule has 1 saturated carbocycles. The molecule has 2 heterocycles. The molecule has 1 fully saturated rings. The number of amides is 2. The van der Waals surface area contributed by atoms with Crippen molar-refractivity contribution < 1.29 is 28.7 Å². The molecule has 0 spiro atoms. The second kappa shape index (κ2) is 13.9. The summed E-state index contributed by atoms with van der Waals surface area (Å²) < 4.78 is 9.45. The van der Waals surface area contributed by atoms with Crippen molar-refractivity contribution in [3.8, 4) is 0 Å². The zero-order valence-electron chi connectivity index (χ0n) is 18.7. The van der Waals surface area contributed by atoms with Crippen LogP contribution in [0.2, 0.25) is 0 Å². The van der Waals surface area contributed by atoms with Crippen molar-refractivity contribution in [2.75, 3.05) is 24.9 Å². The SMILES string of the molecule is COC(=O)CCC(=O)Nc1cnc(Br)cn1.COC(=O)CCC(=O)Nc1cnc(C2CC2)cn1. The number of rotatable bonds is 9. The second-order valence-electron chi connectivity index (χ2n) is 7.07. The molecule has 0 aliphatic heterocycles. The van der Waals surface area contributed by atoms with Gasteiger partial charge < -0.3 is 20.1 Å². The molecule has 0 aromatic carbocycles. The van der Waals surface area contributed by atoms with Gasteiger partial charge in [-0.25, -0.2) is 15.0 Å². The lowest BCUT2D eigenvalue weighted by Gasteiger charge is -2.04. The number of halogens is 1. The molecule has 0 bridgehead atoms. The zero-order chi connectivity index (χ0) is 24.9. The molecule has 0 radical (unpaired) electrons. The molecule has 3 rings (SSSR count). The number of esters is 2. The Balaban J connectivity index is 0.000000242. The Kier molecular flexibility index (Phi) is 11.0. The molecule has 2 amide bonds. The van der Waals surface area contributed by atoms with Gasteiger partial charge in [-0.2, -0.15) is 0 Å². The van der Waals surface area contributed by atoms with Gasteiger partial charge in [0.1, 0.15) is 4.60 Å². The third-order valence-electron chi connectivity index (χ3n) is 4.39. The van der Waals surface area contributed by atoms with Crippen LogP contribution in [0.3, 0.4) is 0 Å². The van der Waals surface area contributed by atoms with Gasteiger partial charge >= 0.3 is 11.9 Å². The molecule has 0 atom stereocenters. The van der Waals surface area contributed by atoms with Gasteiger partial charge in [0.2, 0.25) is 11.8 Å². The number of hydrogen-bond acceptors (Lipinski definition) is 10. The maximum absolute atomic E-state index is 11.5. The molecular weight excluding hydrogens is 512 g/mol. The van der Waals surface area contributed by atoms with Crippen molar-refractivity contribution in [2.45, 2.75) is 44.4 Å². The van der Waals surface area contributed by atoms with Gasteiger partial charge in [0.15, 0.2) is 11.6 Å². The lowest BCUT2D eigenvalue weighted by molar-refractivity contribution is -0.142. The van der Waals surface area contributed by atoms with E-state index >= 15 is 0 Å². The average molecular weight is 537 g/mol. The van der Waals surface area contributed by atoms with Crippen LogP contribution >= 0.6 is 15.9 Å². The van der Waals surface area contributed by atoms with Gasteiger partial charge in [-0.15, -0.1) is 0 Å². The number of methoxy groups -OCH3 is 2. The van der Waals surface area contributed by atoms with Crippen LogP contribution in [0, 0.1) is 0 Å². The molecular formula is C21H25BrN6O6. The summed E-state index contributed by atoms with van der Waals surface area (Å²) in [6, 6.07) is 0. The van der Waals surface area contributed by atoms with Gasteiger partial charge in [-0.05, 0) is 28.8 Å². The first kappa shape index (κ1) is 26.8. The lowest BCUT2D eigenvalue weighted by atomic mass is 10.3. The Morgan fingerprint density at radius 3 is 1.68 bits per heavy atom. The van der Waals surface area contributed by atoms with Gasteiger partial charge in [0.05, 0.1) is 57.5 Å². The highest BCUT2D eigenvalue weighted by Gasteiger charge is 2.25. The van der Waals surface area contributed by atoms with Crippen LogP contribution in [-0.2, 0) is 28.7 Å². The normalized spacial score (nSPS) is 12.0. The molecule has 0 unspecified atom stereocenters. The molecule has 1 aliphatic rings. The summed E-state index contributed by atoms with van der Waals surface area (Å²) in [5.41, 5.74) is 0.975. The minimum Gasteiger partial charge on any atom is -0.469 e. The zero-order valence-corrected chi connectivity index (χ0v) is 20.3. The number of carbonyl (C=O) groups excluding carboxylic acids is 4.